The monoisotopic (exact) mass is 278 g/mol. The summed E-state index contributed by atoms with van der Waals surface area (Å²) in [5.74, 6) is 0.899. The van der Waals surface area contributed by atoms with Crippen molar-refractivity contribution >= 4 is 17.5 Å². The number of hydrogen-bond donors (Lipinski definition) is 1. The third kappa shape index (κ3) is 2.93. The van der Waals surface area contributed by atoms with Gasteiger partial charge in [-0.1, -0.05) is 23.7 Å². The zero-order chi connectivity index (χ0) is 13.2. The molecule has 102 valence electrons. The Bertz CT molecular complexity index is 460. The summed E-state index contributed by atoms with van der Waals surface area (Å²) in [6.45, 7) is 2.92. The predicted octanol–water partition coefficient (Wildman–Crippen LogP) is 2.09. The molecule has 0 radical (unpaired) electrons. The first-order valence-corrected chi connectivity index (χ1v) is 7.36. The third-order valence-electron chi connectivity index (χ3n) is 4.28. The van der Waals surface area contributed by atoms with Crippen LogP contribution in [0, 0.1) is 5.92 Å². The van der Waals surface area contributed by atoms with Gasteiger partial charge in [-0.05, 0) is 43.0 Å². The second kappa shape index (κ2) is 5.51. The molecule has 2 aliphatic rings. The number of halogens is 1. The van der Waals surface area contributed by atoms with Crippen LogP contribution in [0.2, 0.25) is 5.02 Å². The second-order valence-electron chi connectivity index (χ2n) is 5.54. The maximum absolute atomic E-state index is 12.3. The molecule has 0 aliphatic carbocycles. The molecule has 2 aliphatic heterocycles. The van der Waals surface area contributed by atoms with E-state index in [0.29, 0.717) is 23.4 Å². The van der Waals surface area contributed by atoms with Crippen molar-refractivity contribution in [3.8, 4) is 0 Å². The number of amides is 1. The highest BCUT2D eigenvalue weighted by Crippen LogP contribution is 2.25. The Morgan fingerprint density at radius 3 is 2.89 bits per heavy atom. The summed E-state index contributed by atoms with van der Waals surface area (Å²) >= 11 is 5.86. The number of piperidine rings is 1. The molecule has 2 unspecified atom stereocenters. The van der Waals surface area contributed by atoms with Crippen LogP contribution in [0.4, 0.5) is 0 Å². The lowest BCUT2D eigenvalue weighted by atomic mass is 9.93. The van der Waals surface area contributed by atoms with Gasteiger partial charge in [0.05, 0.1) is 6.42 Å². The minimum atomic E-state index is 0.243. The topological polar surface area (TPSA) is 32.3 Å². The van der Waals surface area contributed by atoms with Crippen LogP contribution in [-0.2, 0) is 11.2 Å². The fraction of sp³-hybridized carbons (Fsp3) is 0.533. The fourth-order valence-electron chi connectivity index (χ4n) is 3.16. The molecular weight excluding hydrogens is 260 g/mol. The zero-order valence-corrected chi connectivity index (χ0v) is 11.7. The van der Waals surface area contributed by atoms with Gasteiger partial charge in [-0.3, -0.25) is 4.79 Å². The van der Waals surface area contributed by atoms with Gasteiger partial charge in [0.15, 0.2) is 0 Å². The molecule has 19 heavy (non-hydrogen) atoms. The molecule has 1 aromatic carbocycles. The Labute approximate surface area is 118 Å². The van der Waals surface area contributed by atoms with Crippen LogP contribution in [0.15, 0.2) is 24.3 Å². The lowest BCUT2D eigenvalue weighted by molar-refractivity contribution is -0.132. The van der Waals surface area contributed by atoms with E-state index in [4.69, 9.17) is 11.6 Å². The van der Waals surface area contributed by atoms with Crippen molar-refractivity contribution in [1.82, 2.24) is 10.2 Å². The fourth-order valence-corrected chi connectivity index (χ4v) is 3.29. The van der Waals surface area contributed by atoms with Gasteiger partial charge in [0.2, 0.25) is 5.91 Å². The Morgan fingerprint density at radius 2 is 2.11 bits per heavy atom. The summed E-state index contributed by atoms with van der Waals surface area (Å²) in [5.41, 5.74) is 1.04. The molecule has 3 rings (SSSR count). The standard InChI is InChI=1S/C15H19ClN2O/c16-13-3-1-11(2-4-13)9-15(19)18-8-6-14-12(10-18)5-7-17-14/h1-4,12,14,17H,5-10H2. The molecule has 2 saturated heterocycles. The first-order valence-electron chi connectivity index (χ1n) is 6.98. The molecule has 1 aromatic rings. The SMILES string of the molecule is O=C(Cc1ccc(Cl)cc1)N1CCC2NCCC2C1. The van der Waals surface area contributed by atoms with Gasteiger partial charge in [-0.25, -0.2) is 0 Å². The van der Waals surface area contributed by atoms with Crippen molar-refractivity contribution in [3.05, 3.63) is 34.9 Å². The maximum atomic E-state index is 12.3. The Balaban J connectivity index is 1.59. The number of likely N-dealkylation sites (tertiary alicyclic amines) is 1. The summed E-state index contributed by atoms with van der Waals surface area (Å²) in [6.07, 6.45) is 2.79. The summed E-state index contributed by atoms with van der Waals surface area (Å²) < 4.78 is 0. The van der Waals surface area contributed by atoms with Crippen LogP contribution >= 0.6 is 11.6 Å². The summed E-state index contributed by atoms with van der Waals surface area (Å²) in [5, 5.41) is 4.24. The molecule has 2 heterocycles. The summed E-state index contributed by atoms with van der Waals surface area (Å²) in [7, 11) is 0. The van der Waals surface area contributed by atoms with Crippen LogP contribution in [0.25, 0.3) is 0 Å². The molecule has 0 bridgehead atoms. The molecule has 2 fully saturated rings. The van der Waals surface area contributed by atoms with Crippen LogP contribution in [0.5, 0.6) is 0 Å². The highest BCUT2D eigenvalue weighted by molar-refractivity contribution is 6.30. The van der Waals surface area contributed by atoms with E-state index >= 15 is 0 Å². The van der Waals surface area contributed by atoms with Gasteiger partial charge in [0, 0.05) is 24.2 Å². The van der Waals surface area contributed by atoms with Crippen molar-refractivity contribution in [1.29, 1.82) is 0 Å². The highest BCUT2D eigenvalue weighted by Gasteiger charge is 2.34. The normalized spacial score (nSPS) is 26.3. The number of hydrogen-bond acceptors (Lipinski definition) is 2. The average molecular weight is 279 g/mol. The van der Waals surface area contributed by atoms with Gasteiger partial charge in [-0.15, -0.1) is 0 Å². The molecule has 0 spiro atoms. The number of benzene rings is 1. The van der Waals surface area contributed by atoms with E-state index in [1.165, 1.54) is 6.42 Å². The molecule has 1 N–H and O–H groups in total. The lowest BCUT2D eigenvalue weighted by Crippen LogP contribution is -2.47. The van der Waals surface area contributed by atoms with E-state index in [9.17, 15) is 4.79 Å². The predicted molar refractivity (Wildman–Crippen MR) is 76.3 cm³/mol. The number of rotatable bonds is 2. The number of nitrogens with one attached hydrogen (secondary N) is 1. The van der Waals surface area contributed by atoms with Crippen LogP contribution in [-0.4, -0.2) is 36.5 Å². The largest absolute Gasteiger partial charge is 0.342 e. The molecule has 3 nitrogen and oxygen atoms in total. The molecular formula is C15H19ClN2O. The number of fused-ring (bicyclic) bond motifs is 1. The van der Waals surface area contributed by atoms with E-state index in [0.717, 1.165) is 31.6 Å². The van der Waals surface area contributed by atoms with Crippen molar-refractivity contribution < 1.29 is 4.79 Å². The third-order valence-corrected chi connectivity index (χ3v) is 4.53. The van der Waals surface area contributed by atoms with Gasteiger partial charge in [0.1, 0.15) is 0 Å². The van der Waals surface area contributed by atoms with Crippen molar-refractivity contribution in [2.75, 3.05) is 19.6 Å². The molecule has 0 aromatic heterocycles. The number of carbonyl (C=O) groups is 1. The second-order valence-corrected chi connectivity index (χ2v) is 5.98. The Hall–Kier alpha value is -1.06. The smallest absolute Gasteiger partial charge is 0.227 e. The summed E-state index contributed by atoms with van der Waals surface area (Å²) in [6, 6.07) is 8.20. The van der Waals surface area contributed by atoms with E-state index in [1.54, 1.807) is 0 Å². The van der Waals surface area contributed by atoms with Crippen molar-refractivity contribution in [2.45, 2.75) is 25.3 Å². The van der Waals surface area contributed by atoms with E-state index < -0.39 is 0 Å². The lowest BCUT2D eigenvalue weighted by Gasteiger charge is -2.35. The van der Waals surface area contributed by atoms with E-state index in [-0.39, 0.29) is 5.91 Å². The van der Waals surface area contributed by atoms with E-state index in [1.807, 2.05) is 29.2 Å². The van der Waals surface area contributed by atoms with Crippen LogP contribution in [0.3, 0.4) is 0 Å². The van der Waals surface area contributed by atoms with Crippen molar-refractivity contribution in [2.24, 2.45) is 5.92 Å². The Morgan fingerprint density at radius 1 is 1.32 bits per heavy atom. The maximum Gasteiger partial charge on any atom is 0.227 e. The quantitative estimate of drug-likeness (QED) is 0.898. The molecule has 1 amide bonds. The molecule has 2 atom stereocenters. The van der Waals surface area contributed by atoms with E-state index in [2.05, 4.69) is 5.32 Å². The average Bonchev–Trinajstić information content (AvgIpc) is 2.88. The summed E-state index contributed by atoms with van der Waals surface area (Å²) in [4.78, 5) is 14.3. The van der Waals surface area contributed by atoms with Gasteiger partial charge >= 0.3 is 0 Å². The Kier molecular flexibility index (Phi) is 3.76. The molecule has 0 saturated carbocycles. The number of carbonyl (C=O) groups excluding carboxylic acids is 1. The van der Waals surface area contributed by atoms with Crippen LogP contribution in [0.1, 0.15) is 18.4 Å². The van der Waals surface area contributed by atoms with Crippen molar-refractivity contribution in [3.63, 3.8) is 0 Å². The zero-order valence-electron chi connectivity index (χ0n) is 10.9. The van der Waals surface area contributed by atoms with Gasteiger partial charge in [-0.2, -0.15) is 0 Å². The van der Waals surface area contributed by atoms with Crippen LogP contribution < -0.4 is 5.32 Å². The van der Waals surface area contributed by atoms with Gasteiger partial charge in [0.25, 0.3) is 0 Å². The number of nitrogens with zero attached hydrogens (tertiary/aromatic N) is 1. The minimum absolute atomic E-state index is 0.243. The van der Waals surface area contributed by atoms with Gasteiger partial charge < -0.3 is 10.2 Å². The highest BCUT2D eigenvalue weighted by atomic mass is 35.5. The molecule has 4 heteroatoms. The first-order chi connectivity index (χ1) is 9.22. The first kappa shape index (κ1) is 12.9. The minimum Gasteiger partial charge on any atom is -0.342 e.